The van der Waals surface area contributed by atoms with E-state index in [2.05, 4.69) is 31.4 Å². The van der Waals surface area contributed by atoms with E-state index in [-0.39, 0.29) is 5.91 Å². The lowest BCUT2D eigenvalue weighted by Gasteiger charge is -2.08. The van der Waals surface area contributed by atoms with Gasteiger partial charge in [-0.25, -0.2) is 0 Å². The van der Waals surface area contributed by atoms with Crippen molar-refractivity contribution in [1.82, 2.24) is 10.2 Å². The van der Waals surface area contributed by atoms with Crippen LogP contribution in [0.15, 0.2) is 41.1 Å². The Morgan fingerprint density at radius 3 is 2.63 bits per heavy atom. The van der Waals surface area contributed by atoms with Crippen molar-refractivity contribution in [2.24, 2.45) is 5.73 Å². The van der Waals surface area contributed by atoms with E-state index in [1.165, 1.54) is 12.4 Å². The zero-order valence-electron chi connectivity index (χ0n) is 9.63. The van der Waals surface area contributed by atoms with Crippen molar-refractivity contribution in [3.8, 4) is 0 Å². The summed E-state index contributed by atoms with van der Waals surface area (Å²) < 4.78 is 0.702. The van der Waals surface area contributed by atoms with Crippen molar-refractivity contribution in [2.75, 3.05) is 5.32 Å². The molecule has 7 heteroatoms. The standard InChI is InChI=1S/C12H9BrN4OS/c13-9-5-7(11(14)19)1-2-10(9)17-12(18)8-3-4-15-16-6-8/h1-6H,(H2,14,19)(H,17,18). The van der Waals surface area contributed by atoms with Crippen molar-refractivity contribution in [3.63, 3.8) is 0 Å². The van der Waals surface area contributed by atoms with Gasteiger partial charge in [0.1, 0.15) is 4.99 Å². The molecule has 2 aromatic rings. The number of nitrogens with one attached hydrogen (secondary N) is 1. The number of hydrogen-bond acceptors (Lipinski definition) is 4. The van der Waals surface area contributed by atoms with Crippen molar-refractivity contribution >= 4 is 44.7 Å². The molecule has 1 amide bonds. The average molecular weight is 337 g/mol. The number of thiocarbonyl (C=S) groups is 1. The van der Waals surface area contributed by atoms with Crippen molar-refractivity contribution in [2.45, 2.75) is 0 Å². The Bertz CT molecular complexity index is 633. The molecule has 0 aliphatic rings. The van der Waals surface area contributed by atoms with E-state index in [0.29, 0.717) is 20.7 Å². The molecule has 0 atom stereocenters. The van der Waals surface area contributed by atoms with Crippen LogP contribution in [0.3, 0.4) is 0 Å². The quantitative estimate of drug-likeness (QED) is 0.839. The molecular weight excluding hydrogens is 328 g/mol. The monoisotopic (exact) mass is 336 g/mol. The van der Waals surface area contributed by atoms with Crippen LogP contribution in [-0.2, 0) is 0 Å². The summed E-state index contributed by atoms with van der Waals surface area (Å²) in [6, 6.07) is 6.81. The molecule has 1 aromatic carbocycles. The van der Waals surface area contributed by atoms with Gasteiger partial charge in [-0.05, 0) is 40.2 Å². The second-order valence-electron chi connectivity index (χ2n) is 3.64. The minimum absolute atomic E-state index is 0.265. The van der Waals surface area contributed by atoms with Gasteiger partial charge >= 0.3 is 0 Å². The summed E-state index contributed by atoms with van der Waals surface area (Å²) in [7, 11) is 0. The van der Waals surface area contributed by atoms with Crippen LogP contribution in [-0.4, -0.2) is 21.1 Å². The van der Waals surface area contributed by atoms with Crippen LogP contribution in [0.2, 0.25) is 0 Å². The first-order valence-corrected chi connectivity index (χ1v) is 6.45. The molecule has 2 rings (SSSR count). The van der Waals surface area contributed by atoms with Crippen LogP contribution in [0.1, 0.15) is 15.9 Å². The van der Waals surface area contributed by atoms with E-state index in [4.69, 9.17) is 18.0 Å². The van der Waals surface area contributed by atoms with Crippen molar-refractivity contribution in [1.29, 1.82) is 0 Å². The molecule has 1 aromatic heterocycles. The fraction of sp³-hybridized carbons (Fsp3) is 0. The van der Waals surface area contributed by atoms with Crippen LogP contribution in [0.4, 0.5) is 5.69 Å². The number of nitrogens with two attached hydrogens (primary N) is 1. The summed E-state index contributed by atoms with van der Waals surface area (Å²) >= 11 is 8.24. The van der Waals surface area contributed by atoms with Crippen LogP contribution < -0.4 is 11.1 Å². The molecule has 0 bridgehead atoms. The molecule has 0 saturated heterocycles. The molecule has 19 heavy (non-hydrogen) atoms. The predicted molar refractivity (Wildman–Crippen MR) is 80.0 cm³/mol. The fourth-order valence-corrected chi connectivity index (χ4v) is 1.99. The molecule has 96 valence electrons. The maximum absolute atomic E-state index is 11.9. The number of hydrogen-bond donors (Lipinski definition) is 2. The average Bonchev–Trinajstić information content (AvgIpc) is 2.41. The molecular formula is C12H9BrN4OS. The summed E-state index contributed by atoms with van der Waals surface area (Å²) in [5, 5.41) is 10.0. The number of rotatable bonds is 3. The van der Waals surface area contributed by atoms with Gasteiger partial charge in [0.25, 0.3) is 5.91 Å². The number of anilines is 1. The molecule has 3 N–H and O–H groups in total. The van der Waals surface area contributed by atoms with Crippen molar-refractivity contribution < 1.29 is 4.79 Å². The normalized spacial score (nSPS) is 9.95. The first kappa shape index (κ1) is 13.6. The smallest absolute Gasteiger partial charge is 0.257 e. The van der Waals surface area contributed by atoms with Gasteiger partial charge < -0.3 is 11.1 Å². The highest BCUT2D eigenvalue weighted by Crippen LogP contribution is 2.24. The SMILES string of the molecule is NC(=S)c1ccc(NC(=O)c2ccnnc2)c(Br)c1. The lowest BCUT2D eigenvalue weighted by Crippen LogP contribution is -2.14. The molecule has 5 nitrogen and oxygen atoms in total. The number of halogens is 1. The number of nitrogens with zero attached hydrogens (tertiary/aromatic N) is 2. The second kappa shape index (κ2) is 5.85. The molecule has 0 fully saturated rings. The number of carbonyl (C=O) groups is 1. The Labute approximate surface area is 123 Å². The van der Waals surface area contributed by atoms with Gasteiger partial charge in [-0.2, -0.15) is 10.2 Å². The Kier molecular flexibility index (Phi) is 4.18. The highest BCUT2D eigenvalue weighted by molar-refractivity contribution is 9.10. The molecule has 1 heterocycles. The molecule has 0 unspecified atom stereocenters. The van der Waals surface area contributed by atoms with E-state index in [0.717, 1.165) is 5.56 Å². The lowest BCUT2D eigenvalue weighted by atomic mass is 10.2. The van der Waals surface area contributed by atoms with Crippen LogP contribution in [0.25, 0.3) is 0 Å². The molecule has 0 saturated carbocycles. The van der Waals surface area contributed by atoms with Crippen LogP contribution >= 0.6 is 28.1 Å². The fourth-order valence-electron chi connectivity index (χ4n) is 1.39. The minimum atomic E-state index is -0.265. The summed E-state index contributed by atoms with van der Waals surface area (Å²) in [5.74, 6) is -0.265. The number of carbonyl (C=O) groups excluding carboxylic acids is 1. The van der Waals surface area contributed by atoms with Gasteiger partial charge in [0, 0.05) is 10.0 Å². The first-order valence-electron chi connectivity index (χ1n) is 5.25. The molecule has 0 aliphatic carbocycles. The topological polar surface area (TPSA) is 80.9 Å². The minimum Gasteiger partial charge on any atom is -0.389 e. The summed E-state index contributed by atoms with van der Waals surface area (Å²) in [6.07, 6.45) is 2.85. The van der Waals surface area contributed by atoms with E-state index in [1.807, 2.05) is 0 Å². The van der Waals surface area contributed by atoms with Gasteiger partial charge in [-0.15, -0.1) is 0 Å². The van der Waals surface area contributed by atoms with Gasteiger partial charge in [0.2, 0.25) is 0 Å². The largest absolute Gasteiger partial charge is 0.389 e. The van der Waals surface area contributed by atoms with Gasteiger partial charge in [-0.3, -0.25) is 4.79 Å². The highest BCUT2D eigenvalue weighted by atomic mass is 79.9. The highest BCUT2D eigenvalue weighted by Gasteiger charge is 2.09. The predicted octanol–water partition coefficient (Wildman–Crippen LogP) is 2.13. The van der Waals surface area contributed by atoms with Crippen LogP contribution in [0.5, 0.6) is 0 Å². The second-order valence-corrected chi connectivity index (χ2v) is 4.94. The zero-order chi connectivity index (χ0) is 13.8. The van der Waals surface area contributed by atoms with Gasteiger partial charge in [0.15, 0.2) is 0 Å². The molecule has 0 aliphatic heterocycles. The Hall–Kier alpha value is -1.86. The Morgan fingerprint density at radius 1 is 1.26 bits per heavy atom. The maximum Gasteiger partial charge on any atom is 0.257 e. The summed E-state index contributed by atoms with van der Waals surface area (Å²) in [5.41, 5.74) is 7.32. The third-order valence-electron chi connectivity index (χ3n) is 2.35. The third kappa shape index (κ3) is 3.33. The first-order chi connectivity index (χ1) is 9.08. The van der Waals surface area contributed by atoms with Crippen molar-refractivity contribution in [3.05, 3.63) is 52.3 Å². The van der Waals surface area contributed by atoms with E-state index < -0.39 is 0 Å². The molecule has 0 radical (unpaired) electrons. The third-order valence-corrected chi connectivity index (χ3v) is 3.24. The number of amides is 1. The molecule has 0 spiro atoms. The number of benzene rings is 1. The van der Waals surface area contributed by atoms with Gasteiger partial charge in [0.05, 0.1) is 23.6 Å². The van der Waals surface area contributed by atoms with E-state index in [1.54, 1.807) is 24.3 Å². The lowest BCUT2D eigenvalue weighted by molar-refractivity contribution is 0.102. The summed E-state index contributed by atoms with van der Waals surface area (Å²) in [4.78, 5) is 12.2. The number of aromatic nitrogens is 2. The van der Waals surface area contributed by atoms with E-state index in [9.17, 15) is 4.79 Å². The summed E-state index contributed by atoms with van der Waals surface area (Å²) in [6.45, 7) is 0. The Balaban J connectivity index is 2.20. The zero-order valence-corrected chi connectivity index (χ0v) is 12.0. The van der Waals surface area contributed by atoms with Crippen LogP contribution in [0, 0.1) is 0 Å². The Morgan fingerprint density at radius 2 is 2.05 bits per heavy atom. The van der Waals surface area contributed by atoms with Gasteiger partial charge in [-0.1, -0.05) is 12.2 Å². The maximum atomic E-state index is 11.9. The van der Waals surface area contributed by atoms with E-state index >= 15 is 0 Å².